The molecular formula is C22H22N2O3S. The van der Waals surface area contributed by atoms with Crippen LogP contribution in [0.4, 0.5) is 5.69 Å². The number of nitrogens with zero attached hydrogens (tertiary/aromatic N) is 1. The van der Waals surface area contributed by atoms with Gasteiger partial charge in [-0.1, -0.05) is 32.0 Å². The Morgan fingerprint density at radius 1 is 1.11 bits per heavy atom. The lowest BCUT2D eigenvalue weighted by atomic mass is 10.0. The van der Waals surface area contributed by atoms with Crippen LogP contribution in [-0.2, 0) is 9.59 Å². The maximum absolute atomic E-state index is 13.1. The second kappa shape index (κ2) is 7.94. The van der Waals surface area contributed by atoms with Gasteiger partial charge in [-0.05, 0) is 72.1 Å². The van der Waals surface area contributed by atoms with Gasteiger partial charge in [0.2, 0.25) is 0 Å². The van der Waals surface area contributed by atoms with E-state index in [1.165, 1.54) is 4.90 Å². The summed E-state index contributed by atoms with van der Waals surface area (Å²) in [6, 6.07) is 13.1. The maximum Gasteiger partial charge on any atom is 0.270 e. The van der Waals surface area contributed by atoms with Crippen LogP contribution in [0.15, 0.2) is 48.0 Å². The second-order valence-corrected chi connectivity index (χ2v) is 7.31. The van der Waals surface area contributed by atoms with Gasteiger partial charge in [0.25, 0.3) is 11.8 Å². The summed E-state index contributed by atoms with van der Waals surface area (Å²) in [6.07, 6.45) is 1.59. The Morgan fingerprint density at radius 3 is 2.36 bits per heavy atom. The summed E-state index contributed by atoms with van der Waals surface area (Å²) in [5.41, 5.74) is 3.48. The van der Waals surface area contributed by atoms with E-state index in [2.05, 4.69) is 19.2 Å². The van der Waals surface area contributed by atoms with Crippen LogP contribution in [-0.4, -0.2) is 24.0 Å². The van der Waals surface area contributed by atoms with Crippen LogP contribution in [0.3, 0.4) is 0 Å². The fourth-order valence-electron chi connectivity index (χ4n) is 2.99. The minimum absolute atomic E-state index is 0.0369. The third kappa shape index (κ3) is 3.82. The summed E-state index contributed by atoms with van der Waals surface area (Å²) in [5, 5.41) is 2.69. The van der Waals surface area contributed by atoms with Crippen molar-refractivity contribution in [1.82, 2.24) is 5.32 Å². The van der Waals surface area contributed by atoms with Gasteiger partial charge in [-0.2, -0.15) is 0 Å². The highest BCUT2D eigenvalue weighted by Gasteiger charge is 2.34. The number of amides is 2. The van der Waals surface area contributed by atoms with Crippen molar-refractivity contribution in [1.29, 1.82) is 0 Å². The highest BCUT2D eigenvalue weighted by molar-refractivity contribution is 7.80. The molecule has 0 saturated carbocycles. The number of carbonyl (C=O) groups excluding carboxylic acids is 2. The molecule has 0 aliphatic carbocycles. The molecule has 144 valence electrons. The number of aryl methyl sites for hydroxylation is 1. The summed E-state index contributed by atoms with van der Waals surface area (Å²) in [4.78, 5) is 26.9. The molecule has 2 aromatic carbocycles. The zero-order valence-electron chi connectivity index (χ0n) is 16.3. The van der Waals surface area contributed by atoms with E-state index in [1.807, 2.05) is 43.3 Å². The predicted molar refractivity (Wildman–Crippen MR) is 114 cm³/mol. The predicted octanol–water partition coefficient (Wildman–Crippen LogP) is 3.96. The van der Waals surface area contributed by atoms with Crippen LogP contribution in [0, 0.1) is 6.92 Å². The van der Waals surface area contributed by atoms with Crippen LogP contribution in [0.25, 0.3) is 6.08 Å². The first-order valence-electron chi connectivity index (χ1n) is 8.98. The molecule has 0 spiro atoms. The summed E-state index contributed by atoms with van der Waals surface area (Å²) in [5.74, 6) is 0.153. The molecule has 3 rings (SSSR count). The van der Waals surface area contributed by atoms with E-state index >= 15 is 0 Å². The van der Waals surface area contributed by atoms with E-state index in [4.69, 9.17) is 17.0 Å². The maximum atomic E-state index is 13.1. The number of thiocarbonyl (C=S) groups is 1. The molecule has 2 aromatic rings. The Morgan fingerprint density at radius 2 is 1.79 bits per heavy atom. The average Bonchev–Trinajstić information content (AvgIpc) is 2.66. The molecular weight excluding hydrogens is 372 g/mol. The Bertz CT molecular complexity index is 978. The van der Waals surface area contributed by atoms with Gasteiger partial charge in [-0.25, -0.2) is 0 Å². The monoisotopic (exact) mass is 394 g/mol. The van der Waals surface area contributed by atoms with E-state index in [0.717, 1.165) is 16.7 Å². The molecule has 28 heavy (non-hydrogen) atoms. The highest BCUT2D eigenvalue weighted by Crippen LogP contribution is 2.26. The van der Waals surface area contributed by atoms with E-state index in [0.29, 0.717) is 17.4 Å². The van der Waals surface area contributed by atoms with E-state index < -0.39 is 11.8 Å². The van der Waals surface area contributed by atoms with Crippen molar-refractivity contribution in [3.63, 3.8) is 0 Å². The van der Waals surface area contributed by atoms with Gasteiger partial charge in [-0.15, -0.1) is 0 Å². The number of rotatable bonds is 4. The topological polar surface area (TPSA) is 58.6 Å². The standard InChI is InChI=1S/C22H22N2O3S/c1-13(2)15-5-8-17(9-6-15)24-21(26)19(20(25)23-22(24)28)12-16-7-10-18(27-4)11-14(16)3/h5-13H,1-4H3,(H,23,25,28)/b19-12+. The molecule has 1 aliphatic rings. The number of ether oxygens (including phenoxy) is 1. The first-order valence-corrected chi connectivity index (χ1v) is 9.38. The zero-order valence-corrected chi connectivity index (χ0v) is 17.1. The third-order valence-electron chi connectivity index (χ3n) is 4.70. The van der Waals surface area contributed by atoms with Gasteiger partial charge in [-0.3, -0.25) is 19.8 Å². The lowest BCUT2D eigenvalue weighted by molar-refractivity contribution is -0.122. The molecule has 0 radical (unpaired) electrons. The first-order chi connectivity index (χ1) is 13.3. The number of benzene rings is 2. The highest BCUT2D eigenvalue weighted by atomic mass is 32.1. The minimum atomic E-state index is -0.500. The van der Waals surface area contributed by atoms with Gasteiger partial charge in [0.15, 0.2) is 5.11 Å². The number of hydrogen-bond acceptors (Lipinski definition) is 4. The molecule has 1 saturated heterocycles. The molecule has 1 aliphatic heterocycles. The fourth-order valence-corrected chi connectivity index (χ4v) is 3.27. The summed E-state index contributed by atoms with van der Waals surface area (Å²) in [7, 11) is 1.59. The number of methoxy groups -OCH3 is 1. The molecule has 0 unspecified atom stereocenters. The van der Waals surface area contributed by atoms with Crippen LogP contribution in [0.2, 0.25) is 0 Å². The smallest absolute Gasteiger partial charge is 0.270 e. The zero-order chi connectivity index (χ0) is 20.4. The van der Waals surface area contributed by atoms with Crippen molar-refractivity contribution < 1.29 is 14.3 Å². The largest absolute Gasteiger partial charge is 0.497 e. The Labute approximate surface area is 170 Å². The second-order valence-electron chi connectivity index (χ2n) is 6.93. The van der Waals surface area contributed by atoms with Gasteiger partial charge >= 0.3 is 0 Å². The van der Waals surface area contributed by atoms with E-state index in [1.54, 1.807) is 19.3 Å². The average molecular weight is 394 g/mol. The van der Waals surface area contributed by atoms with Gasteiger partial charge in [0.1, 0.15) is 11.3 Å². The summed E-state index contributed by atoms with van der Waals surface area (Å²) in [6.45, 7) is 6.10. The molecule has 1 fully saturated rings. The van der Waals surface area contributed by atoms with Crippen molar-refractivity contribution in [2.45, 2.75) is 26.7 Å². The van der Waals surface area contributed by atoms with Gasteiger partial charge in [0.05, 0.1) is 12.8 Å². The fraction of sp³-hybridized carbons (Fsp3) is 0.227. The van der Waals surface area contributed by atoms with Crippen molar-refractivity contribution in [3.8, 4) is 5.75 Å². The van der Waals surface area contributed by atoms with Crippen LogP contribution in [0.1, 0.15) is 36.5 Å². The minimum Gasteiger partial charge on any atom is -0.497 e. The first kappa shape index (κ1) is 19.8. The summed E-state index contributed by atoms with van der Waals surface area (Å²) >= 11 is 5.25. The quantitative estimate of drug-likeness (QED) is 0.484. The normalized spacial score (nSPS) is 16.0. The van der Waals surface area contributed by atoms with Gasteiger partial charge in [0, 0.05) is 0 Å². The Hall–Kier alpha value is -2.99. The third-order valence-corrected chi connectivity index (χ3v) is 4.98. The van der Waals surface area contributed by atoms with Crippen molar-refractivity contribution in [3.05, 3.63) is 64.7 Å². The molecule has 5 nitrogen and oxygen atoms in total. The van der Waals surface area contributed by atoms with Crippen molar-refractivity contribution >= 4 is 40.9 Å². The van der Waals surface area contributed by atoms with E-state index in [9.17, 15) is 9.59 Å². The number of hydrogen-bond donors (Lipinski definition) is 1. The lowest BCUT2D eigenvalue weighted by Crippen LogP contribution is -2.54. The number of carbonyl (C=O) groups is 2. The van der Waals surface area contributed by atoms with Crippen LogP contribution < -0.4 is 15.0 Å². The Kier molecular flexibility index (Phi) is 5.61. The van der Waals surface area contributed by atoms with Gasteiger partial charge < -0.3 is 4.74 Å². The SMILES string of the molecule is COc1ccc(/C=C2\C(=O)NC(=S)N(c3ccc(C(C)C)cc3)C2=O)c(C)c1. The molecule has 0 bridgehead atoms. The van der Waals surface area contributed by atoms with E-state index in [-0.39, 0.29) is 10.7 Å². The van der Waals surface area contributed by atoms with Crippen molar-refractivity contribution in [2.75, 3.05) is 12.0 Å². The lowest BCUT2D eigenvalue weighted by Gasteiger charge is -2.29. The molecule has 1 heterocycles. The molecule has 0 aromatic heterocycles. The van der Waals surface area contributed by atoms with Crippen molar-refractivity contribution in [2.24, 2.45) is 0 Å². The number of nitrogens with one attached hydrogen (secondary N) is 1. The van der Waals surface area contributed by atoms with Crippen LogP contribution >= 0.6 is 12.2 Å². The molecule has 0 atom stereocenters. The molecule has 2 amide bonds. The molecule has 6 heteroatoms. The Balaban J connectivity index is 1.98. The molecule has 1 N–H and O–H groups in total. The summed E-state index contributed by atoms with van der Waals surface area (Å²) < 4.78 is 5.21. The van der Waals surface area contributed by atoms with Crippen LogP contribution in [0.5, 0.6) is 5.75 Å². The number of anilines is 1.